The molecule has 0 saturated heterocycles. The number of carbonyl (C=O) groups is 1. The number of ether oxygens (including phenoxy) is 1. The van der Waals surface area contributed by atoms with E-state index in [0.717, 1.165) is 18.7 Å². The van der Waals surface area contributed by atoms with E-state index in [1.165, 1.54) is 11.3 Å². The zero-order valence-electron chi connectivity index (χ0n) is 14.1. The van der Waals surface area contributed by atoms with Gasteiger partial charge in [0.05, 0.1) is 17.0 Å². The van der Waals surface area contributed by atoms with E-state index in [4.69, 9.17) is 10.00 Å². The van der Waals surface area contributed by atoms with Crippen molar-refractivity contribution in [2.24, 2.45) is 0 Å². The van der Waals surface area contributed by atoms with Crippen LogP contribution in [0.25, 0.3) is 10.2 Å². The smallest absolute Gasteiger partial charge is 0.349 e. The fourth-order valence-corrected chi connectivity index (χ4v) is 4.32. The molecule has 130 valence electrons. The van der Waals surface area contributed by atoms with E-state index >= 15 is 0 Å². The Morgan fingerprint density at radius 3 is 3.04 bits per heavy atom. The standard InChI is InChI=1S/C19H15N3O3S/c1-11-15-17(21-14-7-4-8-22(14)18(15)23)26-16(11)19(24)25-10-13-6-3-2-5-12(13)9-20/h2-3,5-6H,4,7-8,10H2,1H3. The molecule has 0 spiro atoms. The number of carbonyl (C=O) groups excluding carboxylic acids is 1. The molecule has 4 rings (SSSR count). The van der Waals surface area contributed by atoms with Gasteiger partial charge < -0.3 is 4.74 Å². The van der Waals surface area contributed by atoms with E-state index in [1.807, 2.05) is 0 Å². The molecule has 0 radical (unpaired) electrons. The van der Waals surface area contributed by atoms with Gasteiger partial charge in [-0.1, -0.05) is 18.2 Å². The first-order valence-corrected chi connectivity index (χ1v) is 9.09. The molecule has 0 N–H and O–H groups in total. The van der Waals surface area contributed by atoms with E-state index in [9.17, 15) is 9.59 Å². The summed E-state index contributed by atoms with van der Waals surface area (Å²) in [5.41, 5.74) is 1.66. The van der Waals surface area contributed by atoms with Crippen LogP contribution in [0.2, 0.25) is 0 Å². The molecule has 0 bridgehead atoms. The zero-order chi connectivity index (χ0) is 18.3. The van der Waals surface area contributed by atoms with Gasteiger partial charge in [0.25, 0.3) is 5.56 Å². The van der Waals surface area contributed by atoms with E-state index in [2.05, 4.69) is 11.1 Å². The van der Waals surface area contributed by atoms with Gasteiger partial charge in [0.2, 0.25) is 0 Å². The highest BCUT2D eigenvalue weighted by Gasteiger charge is 2.24. The molecule has 0 unspecified atom stereocenters. The molecule has 3 heterocycles. The lowest BCUT2D eigenvalue weighted by molar-refractivity contribution is 0.0477. The second kappa shape index (κ2) is 6.39. The first-order chi connectivity index (χ1) is 12.6. The summed E-state index contributed by atoms with van der Waals surface area (Å²) in [5, 5.41) is 9.62. The van der Waals surface area contributed by atoms with Crippen LogP contribution in [0.4, 0.5) is 0 Å². The summed E-state index contributed by atoms with van der Waals surface area (Å²) in [7, 11) is 0. The highest BCUT2D eigenvalue weighted by atomic mass is 32.1. The molecule has 26 heavy (non-hydrogen) atoms. The fraction of sp³-hybridized carbons (Fsp3) is 0.263. The maximum atomic E-state index is 12.7. The third-order valence-corrected chi connectivity index (χ3v) is 5.76. The van der Waals surface area contributed by atoms with Gasteiger partial charge in [0.15, 0.2) is 0 Å². The molecule has 0 saturated carbocycles. The third-order valence-electron chi connectivity index (χ3n) is 4.59. The van der Waals surface area contributed by atoms with Crippen molar-refractivity contribution < 1.29 is 9.53 Å². The highest BCUT2D eigenvalue weighted by molar-refractivity contribution is 7.20. The molecule has 6 nitrogen and oxygen atoms in total. The third kappa shape index (κ3) is 2.59. The Morgan fingerprint density at radius 1 is 1.42 bits per heavy atom. The largest absolute Gasteiger partial charge is 0.457 e. The first-order valence-electron chi connectivity index (χ1n) is 8.28. The molecule has 0 aliphatic carbocycles. The van der Waals surface area contributed by atoms with Crippen LogP contribution >= 0.6 is 11.3 Å². The Morgan fingerprint density at radius 2 is 2.23 bits per heavy atom. The first kappa shape index (κ1) is 16.5. The van der Waals surface area contributed by atoms with Gasteiger partial charge in [-0.25, -0.2) is 9.78 Å². The number of esters is 1. The highest BCUT2D eigenvalue weighted by Crippen LogP contribution is 2.29. The molecule has 2 aromatic heterocycles. The Balaban J connectivity index is 1.66. The normalized spacial score (nSPS) is 12.8. The van der Waals surface area contributed by atoms with Gasteiger partial charge in [-0.05, 0) is 25.0 Å². The minimum atomic E-state index is -0.497. The number of thiophene rings is 1. The van der Waals surface area contributed by atoms with E-state index in [1.54, 1.807) is 35.8 Å². The summed E-state index contributed by atoms with van der Waals surface area (Å²) in [5.74, 6) is 0.286. The number of hydrogen-bond donors (Lipinski definition) is 0. The number of hydrogen-bond acceptors (Lipinski definition) is 6. The maximum absolute atomic E-state index is 12.7. The quantitative estimate of drug-likeness (QED) is 0.666. The van der Waals surface area contributed by atoms with Gasteiger partial charge in [-0.3, -0.25) is 9.36 Å². The van der Waals surface area contributed by atoms with Crippen LogP contribution in [-0.2, 0) is 24.3 Å². The Kier molecular flexibility index (Phi) is 4.05. The lowest BCUT2D eigenvalue weighted by Crippen LogP contribution is -2.20. The fourth-order valence-electron chi connectivity index (χ4n) is 3.23. The van der Waals surface area contributed by atoms with Crippen LogP contribution in [0.3, 0.4) is 0 Å². The average molecular weight is 365 g/mol. The van der Waals surface area contributed by atoms with Crippen molar-refractivity contribution in [2.45, 2.75) is 32.9 Å². The monoisotopic (exact) mass is 365 g/mol. The van der Waals surface area contributed by atoms with Gasteiger partial charge in [-0.15, -0.1) is 11.3 Å². The van der Waals surface area contributed by atoms with E-state index in [-0.39, 0.29) is 12.2 Å². The van der Waals surface area contributed by atoms with Crippen molar-refractivity contribution in [3.63, 3.8) is 0 Å². The van der Waals surface area contributed by atoms with Crippen molar-refractivity contribution in [2.75, 3.05) is 0 Å². The molecule has 1 aliphatic heterocycles. The maximum Gasteiger partial charge on any atom is 0.349 e. The Hall–Kier alpha value is -2.98. The number of aromatic nitrogens is 2. The van der Waals surface area contributed by atoms with Crippen LogP contribution in [0.15, 0.2) is 29.1 Å². The Bertz CT molecular complexity index is 1140. The second-order valence-electron chi connectivity index (χ2n) is 6.17. The molecule has 0 amide bonds. The number of aryl methyl sites for hydroxylation is 2. The predicted octanol–water partition coefficient (Wildman–Crippen LogP) is 2.94. The molecular formula is C19H15N3O3S. The zero-order valence-corrected chi connectivity index (χ0v) is 14.9. The van der Waals surface area contributed by atoms with Gasteiger partial charge >= 0.3 is 5.97 Å². The van der Waals surface area contributed by atoms with Crippen molar-refractivity contribution >= 4 is 27.5 Å². The summed E-state index contributed by atoms with van der Waals surface area (Å²) in [4.78, 5) is 30.8. The average Bonchev–Trinajstić information content (AvgIpc) is 3.25. The molecule has 0 fully saturated rings. The van der Waals surface area contributed by atoms with Crippen LogP contribution < -0.4 is 5.56 Å². The van der Waals surface area contributed by atoms with Crippen LogP contribution in [-0.4, -0.2) is 15.5 Å². The molecule has 1 aromatic carbocycles. The summed E-state index contributed by atoms with van der Waals surface area (Å²) >= 11 is 1.19. The summed E-state index contributed by atoms with van der Waals surface area (Å²) < 4.78 is 7.09. The molecular weight excluding hydrogens is 350 g/mol. The molecule has 1 aliphatic rings. The lowest BCUT2D eigenvalue weighted by Gasteiger charge is -2.05. The SMILES string of the molecule is Cc1c(C(=O)OCc2ccccc2C#N)sc2nc3n(c(=O)c12)CCC3. The van der Waals surface area contributed by atoms with E-state index < -0.39 is 5.97 Å². The minimum Gasteiger partial charge on any atom is -0.457 e. The summed E-state index contributed by atoms with van der Waals surface area (Å²) in [6.07, 6.45) is 1.71. The summed E-state index contributed by atoms with van der Waals surface area (Å²) in [6.45, 7) is 2.44. The van der Waals surface area contributed by atoms with Crippen LogP contribution in [0.5, 0.6) is 0 Å². The Labute approximate surface area is 153 Å². The molecule has 0 atom stereocenters. The van der Waals surface area contributed by atoms with Crippen LogP contribution in [0.1, 0.15) is 38.6 Å². The molecule has 7 heteroatoms. The van der Waals surface area contributed by atoms with Crippen molar-refractivity contribution in [3.05, 3.63) is 62.0 Å². The van der Waals surface area contributed by atoms with E-state index in [0.29, 0.717) is 38.3 Å². The topological polar surface area (TPSA) is 85.0 Å². The van der Waals surface area contributed by atoms with Gasteiger partial charge in [-0.2, -0.15) is 5.26 Å². The number of fused-ring (bicyclic) bond motifs is 2. The predicted molar refractivity (Wildman–Crippen MR) is 97.2 cm³/mol. The van der Waals surface area contributed by atoms with Crippen LogP contribution in [0, 0.1) is 18.3 Å². The van der Waals surface area contributed by atoms with Gasteiger partial charge in [0.1, 0.15) is 22.1 Å². The molecule has 3 aromatic rings. The van der Waals surface area contributed by atoms with Crippen molar-refractivity contribution in [1.82, 2.24) is 9.55 Å². The number of nitriles is 1. The number of benzene rings is 1. The number of nitrogens with zero attached hydrogens (tertiary/aromatic N) is 3. The lowest BCUT2D eigenvalue weighted by atomic mass is 10.1. The van der Waals surface area contributed by atoms with Crippen molar-refractivity contribution in [3.8, 4) is 6.07 Å². The summed E-state index contributed by atoms with van der Waals surface area (Å²) in [6, 6.07) is 9.07. The van der Waals surface area contributed by atoms with Crippen molar-refractivity contribution in [1.29, 1.82) is 5.26 Å². The second-order valence-corrected chi connectivity index (χ2v) is 7.17. The number of rotatable bonds is 3. The minimum absolute atomic E-state index is 0.0131. The van der Waals surface area contributed by atoms with Gasteiger partial charge in [0, 0.05) is 18.5 Å².